The topological polar surface area (TPSA) is 91.3 Å². The Morgan fingerprint density at radius 1 is 1.11 bits per heavy atom. The summed E-state index contributed by atoms with van der Waals surface area (Å²) in [6.07, 6.45) is 2.15. The fourth-order valence-electron chi connectivity index (χ4n) is 6.13. The predicted molar refractivity (Wildman–Crippen MR) is 165 cm³/mol. The average molecular weight is 628 g/mol. The first-order chi connectivity index (χ1) is 20.9. The molecule has 2 aliphatic rings. The van der Waals surface area contributed by atoms with Crippen LogP contribution >= 0.6 is 0 Å². The Morgan fingerprint density at radius 2 is 1.82 bits per heavy atom. The molecule has 1 aromatic rings. The van der Waals surface area contributed by atoms with Crippen LogP contribution in [0, 0.1) is 11.8 Å². The van der Waals surface area contributed by atoms with E-state index >= 15 is 0 Å². The number of rotatable bonds is 9. The number of benzene rings is 1. The normalized spacial score (nSPS) is 23.9. The van der Waals surface area contributed by atoms with Gasteiger partial charge < -0.3 is 29.7 Å². The van der Waals surface area contributed by atoms with Crippen LogP contribution in [0.2, 0.25) is 0 Å². The number of carbonyl (C=O) groups is 2. The van der Waals surface area contributed by atoms with E-state index in [0.29, 0.717) is 24.8 Å². The van der Waals surface area contributed by atoms with Crippen LogP contribution in [-0.2, 0) is 9.53 Å². The van der Waals surface area contributed by atoms with Gasteiger partial charge in [0.25, 0.3) is 5.91 Å². The molecule has 0 radical (unpaired) electrons. The number of amides is 2. The molecule has 1 heterocycles. The first-order valence-corrected chi connectivity index (χ1v) is 16.3. The van der Waals surface area contributed by atoms with E-state index in [0.717, 1.165) is 32.4 Å². The monoisotopic (exact) mass is 627 g/mol. The van der Waals surface area contributed by atoms with Crippen LogP contribution in [0.25, 0.3) is 0 Å². The number of nitrogens with zero attached hydrogens (tertiary/aromatic N) is 2. The second kappa shape index (κ2) is 17.4. The van der Waals surface area contributed by atoms with E-state index in [1.807, 2.05) is 6.92 Å². The lowest BCUT2D eigenvalue weighted by atomic mass is 9.89. The minimum atomic E-state index is -4.45. The van der Waals surface area contributed by atoms with Crippen molar-refractivity contribution in [2.45, 2.75) is 109 Å². The average Bonchev–Trinajstić information content (AvgIpc) is 2.97. The molecule has 0 spiro atoms. The summed E-state index contributed by atoms with van der Waals surface area (Å²) < 4.78 is 50.6. The van der Waals surface area contributed by atoms with Gasteiger partial charge in [0.05, 0.1) is 36.8 Å². The number of fused-ring (bicyclic) bond motifs is 1. The molecule has 1 aromatic carbocycles. The summed E-state index contributed by atoms with van der Waals surface area (Å²) in [6.45, 7) is 8.17. The molecule has 0 aromatic heterocycles. The highest BCUT2D eigenvalue weighted by molar-refractivity contribution is 5.99. The van der Waals surface area contributed by atoms with Gasteiger partial charge in [0.2, 0.25) is 5.91 Å². The number of nitrogens with one attached hydrogen (secondary N) is 1. The number of hydrogen-bond acceptors (Lipinski definition) is 6. The quantitative estimate of drug-likeness (QED) is 0.335. The van der Waals surface area contributed by atoms with Crippen molar-refractivity contribution in [3.05, 3.63) is 23.8 Å². The summed E-state index contributed by atoms with van der Waals surface area (Å²) in [7, 11) is 2.13. The zero-order chi connectivity index (χ0) is 32.3. The Hall–Kier alpha value is -2.37. The molecule has 2 amide bonds. The van der Waals surface area contributed by atoms with Crippen molar-refractivity contribution in [1.82, 2.24) is 9.80 Å². The third-order valence-corrected chi connectivity index (χ3v) is 8.76. The second-order valence-electron chi connectivity index (χ2n) is 12.9. The van der Waals surface area contributed by atoms with Gasteiger partial charge in [-0.15, -0.1) is 0 Å². The molecular weight excluding hydrogens is 575 g/mol. The summed E-state index contributed by atoms with van der Waals surface area (Å²) in [4.78, 5) is 30.4. The molecule has 1 aliphatic carbocycles. The lowest BCUT2D eigenvalue weighted by Gasteiger charge is -2.36. The van der Waals surface area contributed by atoms with Crippen molar-refractivity contribution in [3.63, 3.8) is 0 Å². The van der Waals surface area contributed by atoms with Gasteiger partial charge in [0.1, 0.15) is 5.75 Å². The van der Waals surface area contributed by atoms with Gasteiger partial charge in [-0.25, -0.2) is 0 Å². The molecule has 8 nitrogen and oxygen atoms in total. The lowest BCUT2D eigenvalue weighted by Crippen LogP contribution is -2.47. The van der Waals surface area contributed by atoms with Gasteiger partial charge in [-0.3, -0.25) is 9.59 Å². The summed E-state index contributed by atoms with van der Waals surface area (Å²) in [5.41, 5.74) is 0.388. The maximum absolute atomic E-state index is 14.2. The maximum Gasteiger partial charge on any atom is 0.389 e. The third-order valence-electron chi connectivity index (χ3n) is 8.76. The number of carbonyl (C=O) groups excluding carboxylic acids is 2. The first kappa shape index (κ1) is 36.1. The van der Waals surface area contributed by atoms with E-state index in [4.69, 9.17) is 9.47 Å². The van der Waals surface area contributed by atoms with E-state index in [2.05, 4.69) is 24.2 Å². The van der Waals surface area contributed by atoms with E-state index < -0.39 is 36.9 Å². The number of hydrogen-bond donors (Lipinski definition) is 2. The number of aliphatic hydroxyl groups excluding tert-OH is 1. The van der Waals surface area contributed by atoms with Crippen LogP contribution in [0.5, 0.6) is 5.75 Å². The van der Waals surface area contributed by atoms with Crippen LogP contribution < -0.4 is 10.1 Å². The Morgan fingerprint density at radius 3 is 2.50 bits per heavy atom. The van der Waals surface area contributed by atoms with Crippen LogP contribution in [-0.4, -0.2) is 91.0 Å². The highest BCUT2D eigenvalue weighted by atomic mass is 19.4. The Balaban J connectivity index is 1.86. The van der Waals surface area contributed by atoms with E-state index in [1.54, 1.807) is 17.9 Å². The fraction of sp³-hybridized carbons (Fsp3) is 0.758. The van der Waals surface area contributed by atoms with Gasteiger partial charge in [0, 0.05) is 44.3 Å². The molecule has 11 heteroatoms. The van der Waals surface area contributed by atoms with Gasteiger partial charge in [-0.2, -0.15) is 13.2 Å². The lowest BCUT2D eigenvalue weighted by molar-refractivity contribution is -0.142. The Bertz CT molecular complexity index is 1050. The smallest absolute Gasteiger partial charge is 0.389 e. The maximum atomic E-state index is 14.2. The molecule has 4 atom stereocenters. The summed E-state index contributed by atoms with van der Waals surface area (Å²) >= 11 is 0. The van der Waals surface area contributed by atoms with Gasteiger partial charge >= 0.3 is 6.18 Å². The summed E-state index contributed by atoms with van der Waals surface area (Å²) in [5.74, 6) is -0.222. The zero-order valence-electron chi connectivity index (χ0n) is 26.8. The highest BCUT2D eigenvalue weighted by Crippen LogP contribution is 2.30. The SMILES string of the molecule is C[C@H](CO)N1C[C@H](C)[C@@H](CN(C)CC2CCCCC2)OCCCC[C@H](C)Oc2ccc(NC(=O)CCC(F)(F)F)cc2C1=O. The van der Waals surface area contributed by atoms with Crippen LogP contribution in [0.15, 0.2) is 18.2 Å². The largest absolute Gasteiger partial charge is 0.490 e. The highest BCUT2D eigenvalue weighted by Gasteiger charge is 2.31. The van der Waals surface area contributed by atoms with Crippen LogP contribution in [0.3, 0.4) is 0 Å². The standard InChI is InChI=1S/C33H52F3N3O5/c1-23-19-39(24(2)22-40)32(42)28-18-27(37-31(41)15-16-33(34,35)36)13-14-29(28)44-25(3)10-8-9-17-43-30(23)21-38(4)20-26-11-6-5-7-12-26/h13-14,18,23-26,30,40H,5-12,15-17,19-22H2,1-4H3,(H,37,41)/t23-,24+,25-,30+/m0/s1. The van der Waals surface area contributed by atoms with Gasteiger partial charge in [-0.05, 0) is 77.1 Å². The molecule has 1 fully saturated rings. The van der Waals surface area contributed by atoms with Crippen molar-refractivity contribution in [2.24, 2.45) is 11.8 Å². The van der Waals surface area contributed by atoms with E-state index in [1.165, 1.54) is 44.2 Å². The number of ether oxygens (including phenoxy) is 2. The first-order valence-electron chi connectivity index (χ1n) is 16.3. The van der Waals surface area contributed by atoms with E-state index in [9.17, 15) is 27.9 Å². The molecule has 3 rings (SSSR count). The van der Waals surface area contributed by atoms with Crippen LogP contribution in [0.4, 0.5) is 18.9 Å². The fourth-order valence-corrected chi connectivity index (χ4v) is 6.13. The Kier molecular flexibility index (Phi) is 14.2. The molecule has 1 aliphatic heterocycles. The number of aliphatic hydroxyl groups is 1. The second-order valence-corrected chi connectivity index (χ2v) is 12.9. The molecule has 0 unspecified atom stereocenters. The molecule has 250 valence electrons. The summed E-state index contributed by atoms with van der Waals surface area (Å²) in [6, 6.07) is 4.04. The van der Waals surface area contributed by atoms with Crippen molar-refractivity contribution < 1.29 is 37.3 Å². The molecule has 0 bridgehead atoms. The number of anilines is 1. The Labute approximate surface area is 260 Å². The number of halogens is 3. The van der Waals surface area contributed by atoms with Crippen molar-refractivity contribution >= 4 is 17.5 Å². The zero-order valence-corrected chi connectivity index (χ0v) is 26.8. The van der Waals surface area contributed by atoms with E-state index in [-0.39, 0.29) is 36.0 Å². The minimum Gasteiger partial charge on any atom is -0.490 e. The molecule has 44 heavy (non-hydrogen) atoms. The van der Waals surface area contributed by atoms with Crippen LogP contribution in [0.1, 0.15) is 95.3 Å². The van der Waals surface area contributed by atoms with Crippen molar-refractivity contribution in [3.8, 4) is 5.75 Å². The molecule has 2 N–H and O–H groups in total. The molecular formula is C33H52F3N3O5. The third kappa shape index (κ3) is 11.9. The van der Waals surface area contributed by atoms with Crippen molar-refractivity contribution in [1.29, 1.82) is 0 Å². The molecule has 0 saturated heterocycles. The van der Waals surface area contributed by atoms with Crippen molar-refractivity contribution in [2.75, 3.05) is 45.2 Å². The van der Waals surface area contributed by atoms with Gasteiger partial charge in [0.15, 0.2) is 0 Å². The number of likely N-dealkylation sites (N-methyl/N-ethyl adjacent to an activating group) is 1. The predicted octanol–water partition coefficient (Wildman–Crippen LogP) is 6.28. The minimum absolute atomic E-state index is 0.0572. The number of alkyl halides is 3. The summed E-state index contributed by atoms with van der Waals surface area (Å²) in [5, 5.41) is 12.6. The van der Waals surface area contributed by atoms with Gasteiger partial charge in [-0.1, -0.05) is 26.2 Å². The molecule has 1 saturated carbocycles.